The summed E-state index contributed by atoms with van der Waals surface area (Å²) in [6.07, 6.45) is 8.45. The Labute approximate surface area is 211 Å². The molecule has 36 heavy (non-hydrogen) atoms. The lowest BCUT2D eigenvalue weighted by atomic mass is 9.94. The fourth-order valence-electron chi connectivity index (χ4n) is 4.11. The predicted molar refractivity (Wildman–Crippen MR) is 139 cm³/mol. The van der Waals surface area contributed by atoms with E-state index in [1.807, 2.05) is 7.05 Å². The molecule has 9 nitrogen and oxygen atoms in total. The molecule has 0 saturated heterocycles. The van der Waals surface area contributed by atoms with Crippen LogP contribution >= 0.6 is 0 Å². The van der Waals surface area contributed by atoms with Gasteiger partial charge < -0.3 is 21.1 Å². The molecule has 2 rings (SSSR count). The van der Waals surface area contributed by atoms with Gasteiger partial charge in [0.05, 0.1) is 12.1 Å². The summed E-state index contributed by atoms with van der Waals surface area (Å²) in [5, 5.41) is 17.9. The van der Waals surface area contributed by atoms with E-state index in [0.29, 0.717) is 42.4 Å². The van der Waals surface area contributed by atoms with Crippen LogP contribution in [0.3, 0.4) is 0 Å². The summed E-state index contributed by atoms with van der Waals surface area (Å²) >= 11 is 0. The van der Waals surface area contributed by atoms with Crippen LogP contribution in [0.5, 0.6) is 0 Å². The lowest BCUT2D eigenvalue weighted by Crippen LogP contribution is -2.33. The number of carboxylic acids is 1. The van der Waals surface area contributed by atoms with Crippen molar-refractivity contribution in [3.63, 3.8) is 0 Å². The summed E-state index contributed by atoms with van der Waals surface area (Å²) < 4.78 is 14.1. The van der Waals surface area contributed by atoms with Crippen molar-refractivity contribution in [3.05, 3.63) is 53.0 Å². The molecule has 0 spiro atoms. The van der Waals surface area contributed by atoms with Crippen LogP contribution < -0.4 is 16.0 Å². The number of aromatic carboxylic acids is 1. The molecule has 0 unspecified atom stereocenters. The van der Waals surface area contributed by atoms with E-state index in [-0.39, 0.29) is 17.8 Å². The van der Waals surface area contributed by atoms with Gasteiger partial charge in [-0.3, -0.25) is 19.5 Å². The molecule has 0 radical (unpaired) electrons. The topological polar surface area (TPSA) is 123 Å². The van der Waals surface area contributed by atoms with Crippen LogP contribution in [0.2, 0.25) is 0 Å². The molecule has 0 heterocycles. The molecule has 1 fully saturated rings. The highest BCUT2D eigenvalue weighted by Crippen LogP contribution is 2.26. The molecule has 1 aliphatic carbocycles. The summed E-state index contributed by atoms with van der Waals surface area (Å²) in [4.78, 5) is 41.8. The van der Waals surface area contributed by atoms with Gasteiger partial charge in [0.2, 0.25) is 0 Å². The van der Waals surface area contributed by atoms with Gasteiger partial charge in [-0.25, -0.2) is 9.18 Å². The highest BCUT2D eigenvalue weighted by atomic mass is 19.1. The first kappa shape index (κ1) is 28.9. The van der Waals surface area contributed by atoms with Gasteiger partial charge in [0.1, 0.15) is 5.83 Å². The number of hydrogen-bond acceptors (Lipinski definition) is 7. The Hall–Kier alpha value is -3.37. The zero-order valence-corrected chi connectivity index (χ0v) is 21.1. The van der Waals surface area contributed by atoms with Crippen LogP contribution in [-0.4, -0.2) is 74.2 Å². The van der Waals surface area contributed by atoms with Gasteiger partial charge in [-0.15, -0.1) is 0 Å². The van der Waals surface area contributed by atoms with E-state index in [2.05, 4.69) is 25.8 Å². The van der Waals surface area contributed by atoms with Crippen LogP contribution in [0, 0.1) is 0 Å². The molecule has 1 aromatic rings. The number of anilines is 1. The van der Waals surface area contributed by atoms with Crippen molar-refractivity contribution < 1.29 is 23.9 Å². The Bertz CT molecular complexity index is 1020. The molecule has 0 atom stereocenters. The van der Waals surface area contributed by atoms with Crippen molar-refractivity contribution in [1.82, 2.24) is 15.5 Å². The number of allylic oxidation sites excluding steroid dienone is 2. The first-order chi connectivity index (χ1) is 17.3. The molecule has 1 aliphatic rings. The Balaban J connectivity index is 2.17. The van der Waals surface area contributed by atoms with Gasteiger partial charge >= 0.3 is 5.97 Å². The van der Waals surface area contributed by atoms with Gasteiger partial charge in [-0.05, 0) is 62.9 Å². The maximum absolute atomic E-state index is 14.1. The largest absolute Gasteiger partial charge is 0.478 e. The number of carboxylic acid groups (broad SMARTS) is 1. The van der Waals surface area contributed by atoms with E-state index in [1.165, 1.54) is 30.7 Å². The maximum atomic E-state index is 14.1. The number of aliphatic imine (C=N–C) groups is 1. The number of carbonyl (C=O) groups excluding carboxylic acids is 2. The molecule has 0 aliphatic heterocycles. The maximum Gasteiger partial charge on any atom is 0.335 e. The summed E-state index contributed by atoms with van der Waals surface area (Å²) in [5.74, 6) is -2.37. The van der Waals surface area contributed by atoms with Gasteiger partial charge in [0.15, 0.2) is 12.0 Å². The summed E-state index contributed by atoms with van der Waals surface area (Å²) in [6.45, 7) is 0.688. The average molecular weight is 502 g/mol. The fraction of sp³-hybridized carbons (Fsp3) is 0.462. The molecule has 1 amide bonds. The van der Waals surface area contributed by atoms with E-state index in [0.717, 1.165) is 31.8 Å². The standard InChI is InChI=1S/C26H36FN5O4/c1-28-15-21(29-2)14-20(27)11-12-30-24(17-33)25(34)31-23-10-9-18(26(35)36)13-19(23)16-32(3)22-7-5-4-6-8-22/h9-11,13-14,17,22,28-29H,4-8,12,15-16H2,1-3H3,(H,31,34)(H,35,36)/b20-11+,21-14+,30-24+. The Morgan fingerprint density at radius 3 is 2.56 bits per heavy atom. The molecule has 0 aromatic heterocycles. The number of nitrogens with zero attached hydrogens (tertiary/aromatic N) is 2. The van der Waals surface area contributed by atoms with Crippen LogP contribution in [0.4, 0.5) is 10.1 Å². The third-order valence-electron chi connectivity index (χ3n) is 6.11. The summed E-state index contributed by atoms with van der Waals surface area (Å²) in [6, 6.07) is 4.83. The van der Waals surface area contributed by atoms with Crippen molar-refractivity contribution in [3.8, 4) is 0 Å². The zero-order valence-electron chi connectivity index (χ0n) is 21.1. The number of amides is 1. The Morgan fingerprint density at radius 1 is 1.22 bits per heavy atom. The fourth-order valence-corrected chi connectivity index (χ4v) is 4.11. The average Bonchev–Trinajstić information content (AvgIpc) is 2.87. The van der Waals surface area contributed by atoms with Crippen molar-refractivity contribution in [2.45, 2.75) is 44.7 Å². The Kier molecular flexibility index (Phi) is 11.9. The second kappa shape index (κ2) is 14.9. The van der Waals surface area contributed by atoms with Gasteiger partial charge in [0, 0.05) is 37.6 Å². The highest BCUT2D eigenvalue weighted by molar-refractivity contribution is 6.62. The zero-order chi connectivity index (χ0) is 26.5. The Morgan fingerprint density at radius 2 is 1.94 bits per heavy atom. The first-order valence-corrected chi connectivity index (χ1v) is 12.0. The number of halogens is 1. The lowest BCUT2D eigenvalue weighted by molar-refractivity contribution is -0.111. The number of rotatable bonds is 13. The second-order valence-electron chi connectivity index (χ2n) is 8.72. The molecule has 196 valence electrons. The predicted octanol–water partition coefficient (Wildman–Crippen LogP) is 2.90. The van der Waals surface area contributed by atoms with Gasteiger partial charge in [0.25, 0.3) is 5.91 Å². The van der Waals surface area contributed by atoms with Gasteiger partial charge in [-0.1, -0.05) is 19.3 Å². The molecular formula is C26H36FN5O4. The minimum absolute atomic E-state index is 0.109. The van der Waals surface area contributed by atoms with E-state index in [4.69, 9.17) is 0 Å². The van der Waals surface area contributed by atoms with Crippen LogP contribution in [0.15, 0.2) is 46.9 Å². The van der Waals surface area contributed by atoms with Gasteiger partial charge in [-0.2, -0.15) is 0 Å². The van der Waals surface area contributed by atoms with E-state index in [9.17, 15) is 23.9 Å². The lowest BCUT2D eigenvalue weighted by Gasteiger charge is -2.31. The smallest absolute Gasteiger partial charge is 0.335 e. The molecule has 1 saturated carbocycles. The normalized spacial score (nSPS) is 15.6. The van der Waals surface area contributed by atoms with Crippen molar-refractivity contribution in [2.75, 3.05) is 39.5 Å². The SMILES string of the molecule is CNC/C(=C\C(F)=C/C/N=C(\C=O)C(=O)Nc1ccc(C(=O)O)cc1CN(C)C1CCCCC1)NC. The minimum atomic E-state index is -1.07. The molecule has 4 N–H and O–H groups in total. The third-order valence-corrected chi connectivity index (χ3v) is 6.11. The second-order valence-corrected chi connectivity index (χ2v) is 8.72. The minimum Gasteiger partial charge on any atom is -0.478 e. The van der Waals surface area contributed by atoms with Crippen molar-refractivity contribution >= 4 is 29.6 Å². The number of hydrogen-bond donors (Lipinski definition) is 4. The number of benzene rings is 1. The van der Waals surface area contributed by atoms with Crippen LogP contribution in [0.1, 0.15) is 48.0 Å². The number of likely N-dealkylation sites (N-methyl/N-ethyl adjacent to an activating group) is 2. The van der Waals surface area contributed by atoms with Crippen molar-refractivity contribution in [1.29, 1.82) is 0 Å². The number of aldehydes is 1. The molecule has 0 bridgehead atoms. The molecular weight excluding hydrogens is 465 g/mol. The van der Waals surface area contributed by atoms with E-state index < -0.39 is 17.7 Å². The monoisotopic (exact) mass is 501 g/mol. The van der Waals surface area contributed by atoms with Crippen LogP contribution in [0.25, 0.3) is 0 Å². The number of nitrogens with one attached hydrogen (secondary N) is 3. The number of carbonyl (C=O) groups is 3. The first-order valence-electron chi connectivity index (χ1n) is 12.0. The van der Waals surface area contributed by atoms with Crippen LogP contribution in [-0.2, 0) is 16.1 Å². The summed E-state index contributed by atoms with van der Waals surface area (Å²) in [7, 11) is 5.40. The summed E-state index contributed by atoms with van der Waals surface area (Å²) in [5.41, 5.74) is 1.37. The third kappa shape index (κ3) is 9.01. The molecule has 10 heteroatoms. The highest BCUT2D eigenvalue weighted by Gasteiger charge is 2.21. The quantitative estimate of drug-likeness (QED) is 0.142. The van der Waals surface area contributed by atoms with Crippen molar-refractivity contribution in [2.24, 2.45) is 4.99 Å². The van der Waals surface area contributed by atoms with E-state index >= 15 is 0 Å². The van der Waals surface area contributed by atoms with E-state index in [1.54, 1.807) is 14.1 Å². The molecule has 1 aromatic carbocycles.